The number of rotatable bonds is 11. The van der Waals surface area contributed by atoms with Crippen molar-refractivity contribution in [3.63, 3.8) is 0 Å². The largest absolute Gasteiger partial charge is 0.494 e. The summed E-state index contributed by atoms with van der Waals surface area (Å²) in [5.74, 6) is 1.33. The molecule has 0 bridgehead atoms. The van der Waals surface area contributed by atoms with E-state index in [2.05, 4.69) is 24.9 Å². The number of methoxy groups -OCH3 is 2. The Labute approximate surface area is 229 Å². The average molecular weight is 561 g/mol. The number of ether oxygens (including phenoxy) is 4. The maximum Gasteiger partial charge on any atom is 0.243 e. The maximum absolute atomic E-state index is 13.8. The van der Waals surface area contributed by atoms with E-state index in [0.29, 0.717) is 41.0 Å². The van der Waals surface area contributed by atoms with Gasteiger partial charge in [0.25, 0.3) is 0 Å². The van der Waals surface area contributed by atoms with Crippen molar-refractivity contribution in [3.8, 4) is 17.2 Å². The van der Waals surface area contributed by atoms with Crippen LogP contribution in [0.25, 0.3) is 5.69 Å². The number of nitrogens with one attached hydrogen (secondary N) is 1. The van der Waals surface area contributed by atoms with Crippen LogP contribution < -0.4 is 14.2 Å². The highest BCUT2D eigenvalue weighted by atomic mass is 32.2. The Morgan fingerprint density at radius 3 is 2.33 bits per heavy atom. The number of anilines is 1. The first-order chi connectivity index (χ1) is 18.7. The number of aryl methyl sites for hydroxylation is 1. The quantitative estimate of drug-likeness (QED) is 0.367. The van der Waals surface area contributed by atoms with Gasteiger partial charge in [-0.15, -0.1) is 10.2 Å². The van der Waals surface area contributed by atoms with E-state index >= 15 is 0 Å². The summed E-state index contributed by atoms with van der Waals surface area (Å²) < 4.78 is 55.2. The van der Waals surface area contributed by atoms with E-state index in [9.17, 15) is 8.42 Å². The zero-order valence-corrected chi connectivity index (χ0v) is 23.9. The van der Waals surface area contributed by atoms with E-state index in [1.54, 1.807) is 35.9 Å². The summed E-state index contributed by atoms with van der Waals surface area (Å²) in [5.41, 5.74) is 1.59. The second-order valence-electron chi connectivity index (χ2n) is 9.62. The lowest BCUT2D eigenvalue weighted by molar-refractivity contribution is 0.00392. The Balaban J connectivity index is 1.79. The van der Waals surface area contributed by atoms with E-state index in [-0.39, 0.29) is 18.2 Å². The Hall–Kier alpha value is -3.29. The molecule has 0 amide bonds. The smallest absolute Gasteiger partial charge is 0.243 e. The Morgan fingerprint density at radius 2 is 1.77 bits per heavy atom. The molecule has 4 rings (SSSR count). The number of sulfonamides is 1. The van der Waals surface area contributed by atoms with E-state index in [4.69, 9.17) is 18.9 Å². The maximum atomic E-state index is 13.8. The molecule has 0 saturated carbocycles. The monoisotopic (exact) mass is 560 g/mol. The van der Waals surface area contributed by atoms with Gasteiger partial charge in [0.2, 0.25) is 16.0 Å². The summed E-state index contributed by atoms with van der Waals surface area (Å²) in [6, 6.07) is 5.30. The standard InChI is InChI=1S/C26H36N6O6S/c1-16(2)38-24(19-15-27-17(3)14-28-19)18(4)39(33,34)31-26-30-29-25(22-10-7-8-13-37-22)32(26)23-20(35-5)11-9-12-21(23)36-6/h9,11-12,14-16,18,22,24H,7-8,10,13H2,1-6H3,(H,30,31)/t18-,22-,24+/m1/s1. The fourth-order valence-electron chi connectivity index (χ4n) is 4.43. The number of nitrogens with zero attached hydrogens (tertiary/aromatic N) is 5. The van der Waals surface area contributed by atoms with Crippen LogP contribution in [0.4, 0.5) is 5.95 Å². The molecule has 1 fully saturated rings. The molecule has 0 radical (unpaired) electrons. The van der Waals surface area contributed by atoms with Crippen molar-refractivity contribution in [2.24, 2.45) is 0 Å². The zero-order chi connectivity index (χ0) is 28.2. The molecule has 0 aliphatic carbocycles. The second-order valence-corrected chi connectivity index (χ2v) is 11.7. The summed E-state index contributed by atoms with van der Waals surface area (Å²) in [6.07, 6.45) is 4.21. The lowest BCUT2D eigenvalue weighted by Gasteiger charge is -2.27. The van der Waals surface area contributed by atoms with Crippen molar-refractivity contribution in [1.29, 1.82) is 0 Å². The Morgan fingerprint density at radius 1 is 1.05 bits per heavy atom. The van der Waals surface area contributed by atoms with E-state index < -0.39 is 21.4 Å². The molecular formula is C26H36N6O6S. The summed E-state index contributed by atoms with van der Waals surface area (Å²) >= 11 is 0. The van der Waals surface area contributed by atoms with Gasteiger partial charge < -0.3 is 18.9 Å². The number of benzene rings is 1. The second kappa shape index (κ2) is 12.3. The minimum Gasteiger partial charge on any atom is -0.494 e. The van der Waals surface area contributed by atoms with Crippen LogP contribution in [-0.4, -0.2) is 65.3 Å². The fraction of sp³-hybridized carbons (Fsp3) is 0.538. The zero-order valence-electron chi connectivity index (χ0n) is 23.1. The molecule has 3 atom stereocenters. The van der Waals surface area contributed by atoms with Gasteiger partial charge in [0.1, 0.15) is 34.6 Å². The van der Waals surface area contributed by atoms with Crippen molar-refractivity contribution < 1.29 is 27.4 Å². The molecule has 12 nitrogen and oxygen atoms in total. The van der Waals surface area contributed by atoms with Gasteiger partial charge in [0, 0.05) is 12.8 Å². The molecule has 2 aromatic heterocycles. The predicted octanol–water partition coefficient (Wildman–Crippen LogP) is 3.92. The van der Waals surface area contributed by atoms with Crippen LogP contribution in [0.5, 0.6) is 11.5 Å². The summed E-state index contributed by atoms with van der Waals surface area (Å²) in [4.78, 5) is 8.66. The van der Waals surface area contributed by atoms with Gasteiger partial charge in [0.05, 0.1) is 37.9 Å². The normalized spacial score (nSPS) is 17.6. The molecule has 0 spiro atoms. The van der Waals surface area contributed by atoms with Crippen LogP contribution in [0, 0.1) is 6.92 Å². The predicted molar refractivity (Wildman–Crippen MR) is 145 cm³/mol. The number of hydrogen-bond acceptors (Lipinski definition) is 10. The molecule has 39 heavy (non-hydrogen) atoms. The molecule has 0 unspecified atom stereocenters. The van der Waals surface area contributed by atoms with Crippen LogP contribution in [0.3, 0.4) is 0 Å². The van der Waals surface area contributed by atoms with Crippen molar-refractivity contribution in [2.75, 3.05) is 25.5 Å². The molecule has 1 N–H and O–H groups in total. The van der Waals surface area contributed by atoms with Gasteiger partial charge >= 0.3 is 0 Å². The molecule has 1 aromatic carbocycles. The number of aromatic nitrogens is 5. The SMILES string of the molecule is COc1cccc(OC)c1-n1c(NS(=O)(=O)[C@H](C)[C@H](OC(C)C)c2cnc(C)cn2)nnc1[C@H]1CCCCO1. The van der Waals surface area contributed by atoms with Crippen molar-refractivity contribution in [2.45, 2.75) is 70.5 Å². The Kier molecular flexibility index (Phi) is 9.03. The minimum absolute atomic E-state index is 0.0212. The number of para-hydroxylation sites is 1. The van der Waals surface area contributed by atoms with E-state index in [1.807, 2.05) is 20.8 Å². The van der Waals surface area contributed by atoms with Crippen LogP contribution in [-0.2, 0) is 19.5 Å². The third-order valence-electron chi connectivity index (χ3n) is 6.44. The van der Waals surface area contributed by atoms with E-state index in [0.717, 1.165) is 19.3 Å². The molecule has 1 aliphatic rings. The van der Waals surface area contributed by atoms with Crippen LogP contribution >= 0.6 is 0 Å². The molecule has 13 heteroatoms. The highest BCUT2D eigenvalue weighted by Gasteiger charge is 2.36. The van der Waals surface area contributed by atoms with Crippen LogP contribution in [0.1, 0.15) is 69.5 Å². The van der Waals surface area contributed by atoms with Gasteiger partial charge in [0.15, 0.2) is 5.82 Å². The van der Waals surface area contributed by atoms with Gasteiger partial charge in [-0.05, 0) is 59.1 Å². The molecule has 1 aliphatic heterocycles. The minimum atomic E-state index is -4.09. The molecule has 212 valence electrons. The summed E-state index contributed by atoms with van der Waals surface area (Å²) in [7, 11) is -1.03. The van der Waals surface area contributed by atoms with Gasteiger partial charge in [-0.1, -0.05) is 6.07 Å². The average Bonchev–Trinajstić information content (AvgIpc) is 3.33. The van der Waals surface area contributed by atoms with Gasteiger partial charge in [-0.2, -0.15) is 0 Å². The van der Waals surface area contributed by atoms with Crippen molar-refractivity contribution in [1.82, 2.24) is 24.7 Å². The van der Waals surface area contributed by atoms with Crippen molar-refractivity contribution >= 4 is 16.0 Å². The Bertz CT molecular complexity index is 1330. The van der Waals surface area contributed by atoms with Crippen molar-refractivity contribution in [3.05, 3.63) is 47.8 Å². The summed E-state index contributed by atoms with van der Waals surface area (Å²) in [5, 5.41) is 7.56. The fourth-order valence-corrected chi connectivity index (χ4v) is 5.54. The highest BCUT2D eigenvalue weighted by Crippen LogP contribution is 2.39. The van der Waals surface area contributed by atoms with Crippen LogP contribution in [0.15, 0.2) is 30.6 Å². The summed E-state index contributed by atoms with van der Waals surface area (Å²) in [6.45, 7) is 7.62. The molecule has 3 heterocycles. The first-order valence-corrected chi connectivity index (χ1v) is 14.4. The topological polar surface area (TPSA) is 140 Å². The molecule has 3 aromatic rings. The van der Waals surface area contributed by atoms with E-state index in [1.165, 1.54) is 20.4 Å². The first kappa shape index (κ1) is 28.7. The first-order valence-electron chi connectivity index (χ1n) is 12.9. The molecular weight excluding hydrogens is 524 g/mol. The molecule has 1 saturated heterocycles. The van der Waals surface area contributed by atoms with Gasteiger partial charge in [-0.25, -0.2) is 8.42 Å². The van der Waals surface area contributed by atoms with Gasteiger partial charge in [-0.3, -0.25) is 19.3 Å². The highest BCUT2D eigenvalue weighted by molar-refractivity contribution is 7.93. The number of hydrogen-bond donors (Lipinski definition) is 1. The lowest BCUT2D eigenvalue weighted by atomic mass is 10.1. The lowest BCUT2D eigenvalue weighted by Crippen LogP contribution is -2.34. The third-order valence-corrected chi connectivity index (χ3v) is 8.13. The van der Waals surface area contributed by atoms with Crippen LogP contribution in [0.2, 0.25) is 0 Å². The third kappa shape index (κ3) is 6.31.